The highest BCUT2D eigenvalue weighted by Gasteiger charge is 2.32. The molecule has 0 radical (unpaired) electrons. The molecule has 29 heavy (non-hydrogen) atoms. The van der Waals surface area contributed by atoms with Gasteiger partial charge in [0.05, 0.1) is 0 Å². The molecule has 0 nitrogen and oxygen atoms in total. The fourth-order valence-corrected chi connectivity index (χ4v) is 5.34. The van der Waals surface area contributed by atoms with Gasteiger partial charge in [-0.2, -0.15) is 0 Å². The molecule has 1 heteroatoms. The van der Waals surface area contributed by atoms with E-state index in [4.69, 9.17) is 0 Å². The van der Waals surface area contributed by atoms with E-state index in [9.17, 15) is 0 Å². The van der Waals surface area contributed by atoms with Crippen LogP contribution >= 0.6 is 11.8 Å². The van der Waals surface area contributed by atoms with E-state index in [1.54, 1.807) is 0 Å². The molecule has 0 amide bonds. The zero-order chi connectivity index (χ0) is 21.9. The standard InChI is InChI=1S/C28H44S/c1-9-26(10-2)25(8)29-20-16-13-17-23(6)27(24(7)22(4)5)21-28(11-3)18-14-12-15-19-28/h9-10H,1,4,6,8,11-21H2,2-3,5,7H3/b26-10+,27-24+. The molecule has 1 aliphatic carbocycles. The summed E-state index contributed by atoms with van der Waals surface area (Å²) in [7, 11) is 0. The van der Waals surface area contributed by atoms with Crippen LogP contribution in [-0.4, -0.2) is 5.75 Å². The van der Waals surface area contributed by atoms with E-state index >= 15 is 0 Å². The Bertz CT molecular complexity index is 650. The Morgan fingerprint density at radius 2 is 1.69 bits per heavy atom. The lowest BCUT2D eigenvalue weighted by molar-refractivity contribution is 0.179. The lowest BCUT2D eigenvalue weighted by Crippen LogP contribution is -2.24. The summed E-state index contributed by atoms with van der Waals surface area (Å²) in [5.74, 6) is 1.11. The Hall–Kier alpha value is -1.21. The highest BCUT2D eigenvalue weighted by Crippen LogP contribution is 2.46. The van der Waals surface area contributed by atoms with Gasteiger partial charge < -0.3 is 0 Å². The van der Waals surface area contributed by atoms with E-state index in [1.807, 2.05) is 24.8 Å². The van der Waals surface area contributed by atoms with Gasteiger partial charge in [0, 0.05) is 4.91 Å². The second-order valence-electron chi connectivity index (χ2n) is 8.76. The molecule has 1 fully saturated rings. The summed E-state index contributed by atoms with van der Waals surface area (Å²) in [4.78, 5) is 1.13. The molecule has 0 saturated heterocycles. The molecule has 1 rings (SSSR count). The van der Waals surface area contributed by atoms with Gasteiger partial charge >= 0.3 is 0 Å². The van der Waals surface area contributed by atoms with Crippen molar-refractivity contribution < 1.29 is 0 Å². The van der Waals surface area contributed by atoms with Gasteiger partial charge in [0.25, 0.3) is 0 Å². The monoisotopic (exact) mass is 412 g/mol. The van der Waals surface area contributed by atoms with Gasteiger partial charge in [-0.3, -0.25) is 0 Å². The fourth-order valence-electron chi connectivity index (χ4n) is 4.38. The molecule has 0 aromatic heterocycles. The van der Waals surface area contributed by atoms with Gasteiger partial charge in [-0.25, -0.2) is 0 Å². The molecule has 0 unspecified atom stereocenters. The maximum atomic E-state index is 4.53. The van der Waals surface area contributed by atoms with Gasteiger partial charge in [0.2, 0.25) is 0 Å². The smallest absolute Gasteiger partial charge is 0.00690 e. The Morgan fingerprint density at radius 1 is 1.03 bits per heavy atom. The third-order valence-corrected chi connectivity index (χ3v) is 7.81. The molecular weight excluding hydrogens is 368 g/mol. The largest absolute Gasteiger partial charge is 0.126 e. The van der Waals surface area contributed by atoms with Crippen molar-refractivity contribution in [2.45, 2.75) is 91.9 Å². The van der Waals surface area contributed by atoms with Crippen molar-refractivity contribution >= 4 is 11.8 Å². The summed E-state index contributed by atoms with van der Waals surface area (Å²) in [6.07, 6.45) is 16.8. The van der Waals surface area contributed by atoms with Crippen molar-refractivity contribution in [3.8, 4) is 0 Å². The second-order valence-corrected chi connectivity index (χ2v) is 9.95. The van der Waals surface area contributed by atoms with E-state index in [1.165, 1.54) is 80.1 Å². The van der Waals surface area contributed by atoms with Crippen molar-refractivity contribution in [2.24, 2.45) is 5.41 Å². The Kier molecular flexibility index (Phi) is 11.7. The minimum atomic E-state index is 0.481. The highest BCUT2D eigenvalue weighted by atomic mass is 32.2. The number of unbranched alkanes of at least 4 members (excludes halogenated alkanes) is 1. The summed E-state index contributed by atoms with van der Waals surface area (Å²) in [6, 6.07) is 0. The average Bonchev–Trinajstić information content (AvgIpc) is 2.72. The first-order valence-electron chi connectivity index (χ1n) is 11.4. The summed E-state index contributed by atoms with van der Waals surface area (Å²) < 4.78 is 0. The van der Waals surface area contributed by atoms with Crippen LogP contribution in [0.15, 0.2) is 71.2 Å². The normalized spacial score (nSPS) is 17.4. The SMILES string of the molecule is C=C/C(=C\C)C(=C)SCCCCC(=C)/C(CC1(CC)CCCCC1)=C(\C)C(=C)C. The minimum Gasteiger partial charge on any atom is -0.126 e. The van der Waals surface area contributed by atoms with Crippen LogP contribution in [0.5, 0.6) is 0 Å². The quantitative estimate of drug-likeness (QED) is 0.214. The summed E-state index contributed by atoms with van der Waals surface area (Å²) in [6.45, 7) is 25.6. The molecule has 162 valence electrons. The Balaban J connectivity index is 2.68. The lowest BCUT2D eigenvalue weighted by atomic mass is 9.67. The third-order valence-electron chi connectivity index (χ3n) is 6.74. The predicted molar refractivity (Wildman–Crippen MR) is 136 cm³/mol. The number of hydrogen-bond donors (Lipinski definition) is 0. The van der Waals surface area contributed by atoms with E-state index in [0.29, 0.717) is 5.41 Å². The van der Waals surface area contributed by atoms with Crippen molar-refractivity contribution in [2.75, 3.05) is 5.75 Å². The molecule has 0 bridgehead atoms. The first-order chi connectivity index (χ1) is 13.8. The zero-order valence-electron chi connectivity index (χ0n) is 19.7. The zero-order valence-corrected chi connectivity index (χ0v) is 20.5. The maximum absolute atomic E-state index is 4.53. The molecular formula is C28H44S. The average molecular weight is 413 g/mol. The Labute approximate surface area is 186 Å². The topological polar surface area (TPSA) is 0 Å². The summed E-state index contributed by atoms with van der Waals surface area (Å²) >= 11 is 1.85. The van der Waals surface area contributed by atoms with Crippen LogP contribution in [-0.2, 0) is 0 Å². The van der Waals surface area contributed by atoms with Crippen LogP contribution in [0.3, 0.4) is 0 Å². The van der Waals surface area contributed by atoms with Gasteiger partial charge in [0.15, 0.2) is 0 Å². The molecule has 1 aliphatic rings. The second kappa shape index (κ2) is 13.2. The third kappa shape index (κ3) is 8.21. The lowest BCUT2D eigenvalue weighted by Gasteiger charge is -2.38. The molecule has 0 spiro atoms. The number of thioether (sulfide) groups is 1. The molecule has 0 aromatic rings. The molecule has 0 aliphatic heterocycles. The maximum Gasteiger partial charge on any atom is 0.00690 e. The van der Waals surface area contributed by atoms with Crippen LogP contribution in [0, 0.1) is 5.41 Å². The fraction of sp³-hybridized carbons (Fsp3) is 0.571. The summed E-state index contributed by atoms with van der Waals surface area (Å²) in [5.41, 5.74) is 7.04. The highest BCUT2D eigenvalue weighted by molar-refractivity contribution is 8.03. The van der Waals surface area contributed by atoms with Gasteiger partial charge in [-0.15, -0.1) is 11.8 Å². The van der Waals surface area contributed by atoms with Crippen LogP contribution < -0.4 is 0 Å². The minimum absolute atomic E-state index is 0.481. The van der Waals surface area contributed by atoms with E-state index in [-0.39, 0.29) is 0 Å². The molecule has 0 heterocycles. The number of hydrogen-bond acceptors (Lipinski definition) is 1. The van der Waals surface area contributed by atoms with Crippen LogP contribution in [0.4, 0.5) is 0 Å². The molecule has 0 atom stereocenters. The van der Waals surface area contributed by atoms with Crippen molar-refractivity contribution in [1.29, 1.82) is 0 Å². The predicted octanol–water partition coefficient (Wildman–Crippen LogP) is 9.74. The molecule has 0 N–H and O–H groups in total. The summed E-state index contributed by atoms with van der Waals surface area (Å²) in [5, 5.41) is 0. The van der Waals surface area contributed by atoms with Gasteiger partial charge in [0.1, 0.15) is 0 Å². The number of allylic oxidation sites excluding steroid dienone is 7. The van der Waals surface area contributed by atoms with Crippen molar-refractivity contribution in [1.82, 2.24) is 0 Å². The first-order valence-corrected chi connectivity index (χ1v) is 12.4. The van der Waals surface area contributed by atoms with Crippen LogP contribution in [0.25, 0.3) is 0 Å². The first kappa shape index (κ1) is 25.8. The van der Waals surface area contributed by atoms with E-state index < -0.39 is 0 Å². The van der Waals surface area contributed by atoms with Gasteiger partial charge in [-0.1, -0.05) is 82.2 Å². The van der Waals surface area contributed by atoms with Crippen LogP contribution in [0.2, 0.25) is 0 Å². The Morgan fingerprint density at radius 3 is 2.21 bits per heavy atom. The molecule has 1 saturated carbocycles. The van der Waals surface area contributed by atoms with Gasteiger partial charge in [-0.05, 0) is 87.2 Å². The van der Waals surface area contributed by atoms with E-state index in [0.717, 1.165) is 22.7 Å². The van der Waals surface area contributed by atoms with Crippen LogP contribution in [0.1, 0.15) is 91.9 Å². The molecule has 0 aromatic carbocycles. The van der Waals surface area contributed by atoms with Crippen molar-refractivity contribution in [3.63, 3.8) is 0 Å². The van der Waals surface area contributed by atoms with E-state index in [2.05, 4.69) is 53.2 Å². The number of rotatable bonds is 13. The van der Waals surface area contributed by atoms with Crippen molar-refractivity contribution in [3.05, 3.63) is 71.2 Å².